The molecule has 0 aliphatic heterocycles. The van der Waals surface area contributed by atoms with Gasteiger partial charge in [0, 0.05) is 0 Å². The fourth-order valence-electron chi connectivity index (χ4n) is 3.90. The van der Waals surface area contributed by atoms with Gasteiger partial charge in [0.1, 0.15) is 0 Å². The van der Waals surface area contributed by atoms with Crippen LogP contribution in [-0.2, 0) is 12.8 Å². The van der Waals surface area contributed by atoms with Crippen molar-refractivity contribution < 1.29 is 0 Å². The van der Waals surface area contributed by atoms with Gasteiger partial charge in [0.05, 0.1) is 0 Å². The van der Waals surface area contributed by atoms with Crippen molar-refractivity contribution in [2.45, 2.75) is 19.3 Å². The molecular formula is C19H14. The lowest BCUT2D eigenvalue weighted by molar-refractivity contribution is 1.27. The number of fused-ring (bicyclic) bond motifs is 8. The number of benzene rings is 2. The van der Waals surface area contributed by atoms with Gasteiger partial charge < -0.3 is 0 Å². The van der Waals surface area contributed by atoms with Crippen LogP contribution in [0, 0.1) is 0 Å². The van der Waals surface area contributed by atoms with Gasteiger partial charge in [-0.05, 0) is 62.7 Å². The number of hydrogen-bond acceptors (Lipinski definition) is 0. The van der Waals surface area contributed by atoms with Crippen LogP contribution in [0.25, 0.3) is 35.1 Å². The fourth-order valence-corrected chi connectivity index (χ4v) is 3.90. The Morgan fingerprint density at radius 1 is 0.789 bits per heavy atom. The summed E-state index contributed by atoms with van der Waals surface area (Å²) in [5, 5.41) is 5.92. The second-order valence-electron chi connectivity index (χ2n) is 5.64. The van der Waals surface area contributed by atoms with E-state index in [1.54, 1.807) is 0 Å². The maximum absolute atomic E-state index is 2.41. The molecule has 0 nitrogen and oxygen atoms in total. The Morgan fingerprint density at radius 3 is 2.63 bits per heavy atom. The topological polar surface area (TPSA) is 0 Å². The normalized spacial score (nSPS) is 17.3. The molecule has 0 heteroatoms. The maximum atomic E-state index is 2.41. The van der Waals surface area contributed by atoms with E-state index >= 15 is 0 Å². The molecule has 0 unspecified atom stereocenters. The van der Waals surface area contributed by atoms with Crippen molar-refractivity contribution in [2.24, 2.45) is 0 Å². The molecule has 0 saturated carbocycles. The lowest BCUT2D eigenvalue weighted by Gasteiger charge is -2.11. The van der Waals surface area contributed by atoms with Crippen molar-refractivity contribution in [3.05, 3.63) is 57.0 Å². The van der Waals surface area contributed by atoms with Crippen molar-refractivity contribution in [2.75, 3.05) is 0 Å². The van der Waals surface area contributed by atoms with E-state index in [1.165, 1.54) is 43.5 Å². The molecular weight excluding hydrogens is 228 g/mol. The average Bonchev–Trinajstić information content (AvgIpc) is 3.17. The summed E-state index contributed by atoms with van der Waals surface area (Å²) in [6.07, 6.45) is 17.3. The highest BCUT2D eigenvalue weighted by atomic mass is 14.2. The Hall–Kier alpha value is -2.08. The minimum absolute atomic E-state index is 1.09. The van der Waals surface area contributed by atoms with Gasteiger partial charge in [0.2, 0.25) is 0 Å². The third-order valence-corrected chi connectivity index (χ3v) is 4.71. The molecule has 3 aliphatic rings. The molecule has 0 aromatic heterocycles. The molecule has 0 amide bonds. The van der Waals surface area contributed by atoms with Crippen LogP contribution in [0.5, 0.6) is 0 Å². The largest absolute Gasteiger partial charge is 0.0795 e. The average molecular weight is 242 g/mol. The van der Waals surface area contributed by atoms with Gasteiger partial charge in [-0.25, -0.2) is 0 Å². The predicted molar refractivity (Wildman–Crippen MR) is 82.2 cm³/mol. The monoisotopic (exact) mass is 242 g/mol. The van der Waals surface area contributed by atoms with Crippen LogP contribution in [0.15, 0.2) is 24.3 Å². The van der Waals surface area contributed by atoms with Crippen molar-refractivity contribution in [3.8, 4) is 0 Å². The summed E-state index contributed by atoms with van der Waals surface area (Å²) in [6.45, 7) is 0. The highest BCUT2D eigenvalue weighted by Crippen LogP contribution is 2.31. The highest BCUT2D eigenvalue weighted by Gasteiger charge is 2.18. The van der Waals surface area contributed by atoms with E-state index in [-0.39, 0.29) is 0 Å². The van der Waals surface area contributed by atoms with Crippen LogP contribution >= 0.6 is 0 Å². The SMILES string of the molecule is C1=Cc2c(ccc3c4c(c5c(c23)=CCC=5)CC=C4)C1. The Balaban J connectivity index is 2.15. The molecule has 3 aliphatic carbocycles. The van der Waals surface area contributed by atoms with Crippen molar-refractivity contribution in [1.29, 1.82) is 0 Å². The van der Waals surface area contributed by atoms with E-state index in [0.717, 1.165) is 19.3 Å². The minimum Gasteiger partial charge on any atom is -0.0795 e. The minimum atomic E-state index is 1.09. The van der Waals surface area contributed by atoms with E-state index < -0.39 is 0 Å². The van der Waals surface area contributed by atoms with Crippen LogP contribution < -0.4 is 10.4 Å². The molecule has 0 spiro atoms. The first-order valence-electron chi connectivity index (χ1n) is 7.07. The van der Waals surface area contributed by atoms with Crippen molar-refractivity contribution in [3.63, 3.8) is 0 Å². The second-order valence-corrected chi connectivity index (χ2v) is 5.64. The molecule has 0 fully saturated rings. The first kappa shape index (κ1) is 9.80. The molecule has 5 rings (SSSR count). The van der Waals surface area contributed by atoms with E-state index in [9.17, 15) is 0 Å². The summed E-state index contributed by atoms with van der Waals surface area (Å²) >= 11 is 0. The third-order valence-electron chi connectivity index (χ3n) is 4.71. The molecule has 0 radical (unpaired) electrons. The standard InChI is InChI=1S/C19H14/c1-4-12-10-11-18-16-7-2-6-14(16)15-8-3-9-17(15)19(18)13(12)5-1/h1-2,5,7-11H,3-4,6H2. The van der Waals surface area contributed by atoms with Gasteiger partial charge in [-0.1, -0.05) is 48.6 Å². The van der Waals surface area contributed by atoms with Crippen molar-refractivity contribution in [1.82, 2.24) is 0 Å². The Kier molecular flexibility index (Phi) is 1.69. The summed E-state index contributed by atoms with van der Waals surface area (Å²) < 4.78 is 0. The van der Waals surface area contributed by atoms with Crippen LogP contribution in [0.4, 0.5) is 0 Å². The first-order valence-corrected chi connectivity index (χ1v) is 7.07. The van der Waals surface area contributed by atoms with Gasteiger partial charge in [0.25, 0.3) is 0 Å². The van der Waals surface area contributed by atoms with Gasteiger partial charge in [0.15, 0.2) is 0 Å². The lowest BCUT2D eigenvalue weighted by Crippen LogP contribution is -2.27. The van der Waals surface area contributed by atoms with Crippen LogP contribution in [0.1, 0.15) is 28.7 Å². The molecule has 0 bridgehead atoms. The zero-order valence-corrected chi connectivity index (χ0v) is 10.7. The van der Waals surface area contributed by atoms with Gasteiger partial charge in [-0.15, -0.1) is 0 Å². The van der Waals surface area contributed by atoms with Gasteiger partial charge >= 0.3 is 0 Å². The molecule has 0 atom stereocenters. The Bertz CT molecular complexity index is 921. The molecule has 0 saturated heterocycles. The zero-order chi connectivity index (χ0) is 12.4. The fraction of sp³-hybridized carbons (Fsp3) is 0.158. The van der Waals surface area contributed by atoms with E-state index in [0.29, 0.717) is 0 Å². The molecule has 0 N–H and O–H groups in total. The summed E-state index contributed by atoms with van der Waals surface area (Å²) in [5.74, 6) is 0. The molecule has 2 aromatic rings. The Morgan fingerprint density at radius 2 is 1.63 bits per heavy atom. The van der Waals surface area contributed by atoms with Crippen LogP contribution in [0.2, 0.25) is 0 Å². The number of hydrogen-bond donors (Lipinski definition) is 0. The molecule has 0 heterocycles. The van der Waals surface area contributed by atoms with Crippen LogP contribution in [-0.4, -0.2) is 0 Å². The summed E-state index contributed by atoms with van der Waals surface area (Å²) in [4.78, 5) is 0. The van der Waals surface area contributed by atoms with E-state index in [4.69, 9.17) is 0 Å². The van der Waals surface area contributed by atoms with Crippen LogP contribution in [0.3, 0.4) is 0 Å². The summed E-state index contributed by atoms with van der Waals surface area (Å²) in [7, 11) is 0. The number of rotatable bonds is 0. The summed E-state index contributed by atoms with van der Waals surface area (Å²) in [6, 6.07) is 4.65. The predicted octanol–water partition coefficient (Wildman–Crippen LogP) is 2.94. The van der Waals surface area contributed by atoms with E-state index in [1.807, 2.05) is 0 Å². The quantitative estimate of drug-likeness (QED) is 0.666. The Labute approximate surface area is 112 Å². The summed E-state index contributed by atoms with van der Waals surface area (Å²) in [5.41, 5.74) is 5.95. The number of allylic oxidation sites excluding steroid dienone is 2. The molecule has 90 valence electrons. The van der Waals surface area contributed by atoms with Gasteiger partial charge in [-0.2, -0.15) is 0 Å². The smallest absolute Gasteiger partial charge is 0.00270 e. The molecule has 19 heavy (non-hydrogen) atoms. The van der Waals surface area contributed by atoms with Gasteiger partial charge in [-0.3, -0.25) is 0 Å². The lowest BCUT2D eigenvalue weighted by atomic mass is 9.92. The van der Waals surface area contributed by atoms with E-state index in [2.05, 4.69) is 48.6 Å². The first-order chi connectivity index (χ1) is 9.43. The molecule has 2 aromatic carbocycles. The highest BCUT2D eigenvalue weighted by molar-refractivity contribution is 6.01. The second kappa shape index (κ2) is 3.27. The maximum Gasteiger partial charge on any atom is -0.00270 e. The van der Waals surface area contributed by atoms with Crippen molar-refractivity contribution >= 4 is 35.1 Å². The third kappa shape index (κ3) is 1.10. The zero-order valence-electron chi connectivity index (χ0n) is 10.7.